The Bertz CT molecular complexity index is 746. The molecule has 0 spiro atoms. The standard InChI is InChI=1S/C13H9ClN2O/c1-8(17)16-5-4-9-7-15-12-6-10(14)2-3-11(12)13(9)16/h2-7H,1H3. The first kappa shape index (κ1) is 10.3. The first-order valence-electron chi connectivity index (χ1n) is 5.23. The van der Waals surface area contributed by atoms with Crippen molar-refractivity contribution < 1.29 is 4.79 Å². The van der Waals surface area contributed by atoms with Crippen LogP contribution in [0.25, 0.3) is 21.8 Å². The Hall–Kier alpha value is -1.87. The maximum Gasteiger partial charge on any atom is 0.227 e. The summed E-state index contributed by atoms with van der Waals surface area (Å²) < 4.78 is 1.63. The van der Waals surface area contributed by atoms with E-state index in [1.807, 2.05) is 18.2 Å². The molecule has 4 heteroatoms. The highest BCUT2D eigenvalue weighted by Crippen LogP contribution is 2.26. The SMILES string of the molecule is CC(=O)n1ccc2cnc3cc(Cl)ccc3c21. The van der Waals surface area contributed by atoms with E-state index < -0.39 is 0 Å². The molecule has 17 heavy (non-hydrogen) atoms. The van der Waals surface area contributed by atoms with Crippen molar-refractivity contribution in [1.82, 2.24) is 9.55 Å². The Balaban J connectivity index is 2.52. The molecule has 0 atom stereocenters. The third-order valence-electron chi connectivity index (χ3n) is 2.81. The van der Waals surface area contributed by atoms with Crippen LogP contribution < -0.4 is 0 Å². The van der Waals surface area contributed by atoms with E-state index in [0.29, 0.717) is 5.02 Å². The fourth-order valence-corrected chi connectivity index (χ4v) is 2.22. The van der Waals surface area contributed by atoms with Crippen LogP contribution in [0.15, 0.2) is 36.7 Å². The number of rotatable bonds is 0. The van der Waals surface area contributed by atoms with E-state index >= 15 is 0 Å². The highest BCUT2D eigenvalue weighted by atomic mass is 35.5. The molecule has 3 rings (SSSR count). The minimum atomic E-state index is -0.0116. The molecule has 2 heterocycles. The molecule has 0 aliphatic heterocycles. The van der Waals surface area contributed by atoms with Gasteiger partial charge in [0.1, 0.15) is 0 Å². The molecule has 0 saturated heterocycles. The van der Waals surface area contributed by atoms with E-state index in [9.17, 15) is 4.79 Å². The van der Waals surface area contributed by atoms with Crippen LogP contribution in [0.2, 0.25) is 5.02 Å². The molecular weight excluding hydrogens is 236 g/mol. The summed E-state index contributed by atoms with van der Waals surface area (Å²) in [4.78, 5) is 15.9. The highest BCUT2D eigenvalue weighted by molar-refractivity contribution is 6.31. The van der Waals surface area contributed by atoms with Crippen LogP contribution in [0.5, 0.6) is 0 Å². The van der Waals surface area contributed by atoms with Gasteiger partial charge in [0, 0.05) is 35.1 Å². The summed E-state index contributed by atoms with van der Waals surface area (Å²) in [7, 11) is 0. The molecule has 0 amide bonds. The average Bonchev–Trinajstić information content (AvgIpc) is 2.72. The Morgan fingerprint density at radius 3 is 2.94 bits per heavy atom. The van der Waals surface area contributed by atoms with Crippen molar-refractivity contribution in [2.24, 2.45) is 0 Å². The second-order valence-electron chi connectivity index (χ2n) is 3.93. The number of fused-ring (bicyclic) bond motifs is 3. The van der Waals surface area contributed by atoms with Crippen LogP contribution in [0.4, 0.5) is 0 Å². The fourth-order valence-electron chi connectivity index (χ4n) is 2.05. The number of carbonyl (C=O) groups is 1. The third-order valence-corrected chi connectivity index (χ3v) is 3.05. The molecule has 0 aliphatic rings. The second-order valence-corrected chi connectivity index (χ2v) is 4.36. The monoisotopic (exact) mass is 244 g/mol. The summed E-state index contributed by atoms with van der Waals surface area (Å²) in [6, 6.07) is 7.39. The molecule has 0 unspecified atom stereocenters. The van der Waals surface area contributed by atoms with E-state index in [2.05, 4.69) is 4.98 Å². The lowest BCUT2D eigenvalue weighted by atomic mass is 10.2. The van der Waals surface area contributed by atoms with E-state index in [0.717, 1.165) is 21.8 Å². The first-order chi connectivity index (χ1) is 8.16. The number of nitrogens with zero attached hydrogens (tertiary/aromatic N) is 2. The summed E-state index contributed by atoms with van der Waals surface area (Å²) in [6.45, 7) is 1.54. The first-order valence-corrected chi connectivity index (χ1v) is 5.61. The number of pyridine rings is 1. The molecule has 1 aromatic carbocycles. The maximum atomic E-state index is 11.5. The Morgan fingerprint density at radius 2 is 2.18 bits per heavy atom. The van der Waals surface area contributed by atoms with Gasteiger partial charge in [-0.1, -0.05) is 11.6 Å². The van der Waals surface area contributed by atoms with Crippen molar-refractivity contribution in [1.29, 1.82) is 0 Å². The zero-order valence-corrected chi connectivity index (χ0v) is 9.90. The number of benzene rings is 1. The van der Waals surface area contributed by atoms with Crippen LogP contribution in [0.3, 0.4) is 0 Å². The number of hydrogen-bond acceptors (Lipinski definition) is 2. The van der Waals surface area contributed by atoms with Crippen LogP contribution in [-0.4, -0.2) is 15.5 Å². The molecule has 0 bridgehead atoms. The molecule has 0 fully saturated rings. The zero-order valence-electron chi connectivity index (χ0n) is 9.14. The van der Waals surface area contributed by atoms with Gasteiger partial charge in [0.15, 0.2) is 0 Å². The molecule has 84 valence electrons. The summed E-state index contributed by atoms with van der Waals surface area (Å²) in [5.74, 6) is -0.0116. The largest absolute Gasteiger partial charge is 0.287 e. The third kappa shape index (κ3) is 1.51. The van der Waals surface area contributed by atoms with E-state index in [1.165, 1.54) is 0 Å². The number of carbonyl (C=O) groups excluding carboxylic acids is 1. The smallest absolute Gasteiger partial charge is 0.227 e. The van der Waals surface area contributed by atoms with Crippen LogP contribution in [0.1, 0.15) is 11.7 Å². The van der Waals surface area contributed by atoms with Gasteiger partial charge in [-0.15, -0.1) is 0 Å². The molecule has 3 nitrogen and oxygen atoms in total. The van der Waals surface area contributed by atoms with Crippen molar-refractivity contribution in [2.75, 3.05) is 0 Å². The maximum absolute atomic E-state index is 11.5. The highest BCUT2D eigenvalue weighted by Gasteiger charge is 2.09. The van der Waals surface area contributed by atoms with Crippen LogP contribution in [-0.2, 0) is 0 Å². The number of hydrogen-bond donors (Lipinski definition) is 0. The van der Waals surface area contributed by atoms with Crippen molar-refractivity contribution in [3.05, 3.63) is 41.7 Å². The Kier molecular flexibility index (Phi) is 2.16. The predicted molar refractivity (Wildman–Crippen MR) is 68.5 cm³/mol. The molecular formula is C13H9ClN2O. The fraction of sp³-hybridized carbons (Fsp3) is 0.0769. The Labute approximate surface area is 103 Å². The lowest BCUT2D eigenvalue weighted by molar-refractivity contribution is 0.0942. The topological polar surface area (TPSA) is 34.9 Å². The van der Waals surface area contributed by atoms with Gasteiger partial charge in [-0.3, -0.25) is 14.3 Å². The van der Waals surface area contributed by atoms with E-state index in [1.54, 1.807) is 30.0 Å². The van der Waals surface area contributed by atoms with Gasteiger partial charge in [-0.25, -0.2) is 0 Å². The molecule has 0 N–H and O–H groups in total. The summed E-state index contributed by atoms with van der Waals surface area (Å²) in [5.41, 5.74) is 1.69. The van der Waals surface area contributed by atoms with E-state index in [-0.39, 0.29) is 5.91 Å². The Morgan fingerprint density at radius 1 is 1.35 bits per heavy atom. The summed E-state index contributed by atoms with van der Waals surface area (Å²) >= 11 is 5.93. The quantitative estimate of drug-likeness (QED) is 0.607. The average molecular weight is 245 g/mol. The van der Waals surface area contributed by atoms with Gasteiger partial charge in [0.2, 0.25) is 5.91 Å². The van der Waals surface area contributed by atoms with Crippen molar-refractivity contribution in [3.8, 4) is 0 Å². The lowest BCUT2D eigenvalue weighted by Gasteiger charge is -2.04. The van der Waals surface area contributed by atoms with E-state index in [4.69, 9.17) is 11.6 Å². The molecule has 0 aliphatic carbocycles. The van der Waals surface area contributed by atoms with Gasteiger partial charge < -0.3 is 0 Å². The second kappa shape index (κ2) is 3.57. The predicted octanol–water partition coefficient (Wildman–Crippen LogP) is 3.50. The summed E-state index contributed by atoms with van der Waals surface area (Å²) in [5, 5.41) is 2.53. The number of aromatic nitrogens is 2. The molecule has 0 radical (unpaired) electrons. The lowest BCUT2D eigenvalue weighted by Crippen LogP contribution is -2.03. The van der Waals surface area contributed by atoms with Crippen molar-refractivity contribution >= 4 is 39.3 Å². The van der Waals surface area contributed by atoms with Crippen LogP contribution >= 0.6 is 11.6 Å². The van der Waals surface area contributed by atoms with Gasteiger partial charge >= 0.3 is 0 Å². The van der Waals surface area contributed by atoms with Gasteiger partial charge in [-0.05, 0) is 24.3 Å². The van der Waals surface area contributed by atoms with Gasteiger partial charge in [-0.2, -0.15) is 0 Å². The van der Waals surface area contributed by atoms with Gasteiger partial charge in [0.05, 0.1) is 11.0 Å². The molecule has 0 saturated carbocycles. The summed E-state index contributed by atoms with van der Waals surface area (Å²) in [6.07, 6.45) is 3.52. The van der Waals surface area contributed by atoms with Crippen LogP contribution in [0, 0.1) is 0 Å². The molecule has 2 aromatic heterocycles. The van der Waals surface area contributed by atoms with Gasteiger partial charge in [0.25, 0.3) is 0 Å². The number of halogens is 1. The molecule has 3 aromatic rings. The van der Waals surface area contributed by atoms with Crippen molar-refractivity contribution in [3.63, 3.8) is 0 Å². The zero-order chi connectivity index (χ0) is 12.0. The van der Waals surface area contributed by atoms with Crippen molar-refractivity contribution in [2.45, 2.75) is 6.92 Å². The minimum absolute atomic E-state index is 0.0116. The normalized spacial score (nSPS) is 11.2. The minimum Gasteiger partial charge on any atom is -0.287 e.